The Kier molecular flexibility index (Phi) is 4.09. The van der Waals surface area contributed by atoms with Crippen LogP contribution in [0.4, 0.5) is 5.69 Å². The van der Waals surface area contributed by atoms with Gasteiger partial charge in [0.2, 0.25) is 0 Å². The zero-order valence-electron chi connectivity index (χ0n) is 9.78. The molecular formula is C13H12BrClN2O. The van der Waals surface area contributed by atoms with Crippen LogP contribution in [-0.2, 0) is 6.54 Å². The molecule has 0 saturated heterocycles. The zero-order chi connectivity index (χ0) is 13.1. The van der Waals surface area contributed by atoms with E-state index in [1.54, 1.807) is 24.3 Å². The molecule has 1 aromatic heterocycles. The second-order valence-corrected chi connectivity index (χ2v) is 5.05. The van der Waals surface area contributed by atoms with Crippen molar-refractivity contribution in [3.05, 3.63) is 51.7 Å². The van der Waals surface area contributed by atoms with Gasteiger partial charge in [0.05, 0.1) is 5.69 Å². The molecule has 3 nitrogen and oxygen atoms in total. The molecule has 1 heterocycles. The predicted octanol–water partition coefficient (Wildman–Crippen LogP) is 4.18. The van der Waals surface area contributed by atoms with Crippen molar-refractivity contribution in [2.75, 3.05) is 5.32 Å². The number of halogens is 2. The number of amides is 1. The monoisotopic (exact) mass is 326 g/mol. The zero-order valence-corrected chi connectivity index (χ0v) is 12.1. The van der Waals surface area contributed by atoms with Crippen molar-refractivity contribution < 1.29 is 4.79 Å². The number of hydrogen-bond acceptors (Lipinski definition) is 1. The molecule has 2 aromatic rings. The van der Waals surface area contributed by atoms with Gasteiger partial charge in [0.25, 0.3) is 5.91 Å². The average molecular weight is 328 g/mol. The van der Waals surface area contributed by atoms with Gasteiger partial charge in [-0.2, -0.15) is 0 Å². The number of hydrogen-bond donors (Lipinski definition) is 1. The Bertz CT molecular complexity index is 580. The van der Waals surface area contributed by atoms with Gasteiger partial charge in [-0.05, 0) is 53.2 Å². The number of anilines is 1. The fraction of sp³-hybridized carbons (Fsp3) is 0.154. The Morgan fingerprint density at radius 1 is 1.44 bits per heavy atom. The Morgan fingerprint density at radius 2 is 2.22 bits per heavy atom. The molecule has 0 fully saturated rings. The topological polar surface area (TPSA) is 34.0 Å². The van der Waals surface area contributed by atoms with Gasteiger partial charge in [0.15, 0.2) is 0 Å². The number of aromatic nitrogens is 1. The molecule has 1 amide bonds. The van der Waals surface area contributed by atoms with E-state index in [0.29, 0.717) is 16.4 Å². The van der Waals surface area contributed by atoms with Crippen LogP contribution >= 0.6 is 27.5 Å². The fourth-order valence-electron chi connectivity index (χ4n) is 1.67. The van der Waals surface area contributed by atoms with Crippen molar-refractivity contribution in [2.24, 2.45) is 0 Å². The third-order valence-corrected chi connectivity index (χ3v) is 3.47. The van der Waals surface area contributed by atoms with Crippen LogP contribution in [0.5, 0.6) is 0 Å². The summed E-state index contributed by atoms with van der Waals surface area (Å²) >= 11 is 9.22. The summed E-state index contributed by atoms with van der Waals surface area (Å²) in [6.45, 7) is 2.76. The summed E-state index contributed by atoms with van der Waals surface area (Å²) in [6.07, 6.45) is 1.88. The molecule has 0 bridgehead atoms. The van der Waals surface area contributed by atoms with Crippen LogP contribution in [0.15, 0.2) is 41.0 Å². The van der Waals surface area contributed by atoms with Crippen LogP contribution in [0.1, 0.15) is 17.4 Å². The smallest absolute Gasteiger partial charge is 0.272 e. The van der Waals surface area contributed by atoms with Crippen LogP contribution in [0.3, 0.4) is 0 Å². The first-order chi connectivity index (χ1) is 8.61. The van der Waals surface area contributed by atoms with Crippen LogP contribution in [0.2, 0.25) is 5.02 Å². The van der Waals surface area contributed by atoms with Gasteiger partial charge in [0, 0.05) is 22.2 Å². The number of carbonyl (C=O) groups excluding carboxylic acids is 1. The number of carbonyl (C=O) groups is 1. The maximum atomic E-state index is 12.1. The summed E-state index contributed by atoms with van der Waals surface area (Å²) in [5.41, 5.74) is 1.34. The summed E-state index contributed by atoms with van der Waals surface area (Å²) in [5.74, 6) is -0.134. The number of nitrogens with one attached hydrogen (secondary N) is 1. The SMILES string of the molecule is CCn1cccc1C(=O)Nc1ccc(Cl)cc1Br. The third-order valence-electron chi connectivity index (χ3n) is 2.58. The van der Waals surface area contributed by atoms with Crippen molar-refractivity contribution in [1.29, 1.82) is 0 Å². The van der Waals surface area contributed by atoms with E-state index in [9.17, 15) is 4.79 Å². The van der Waals surface area contributed by atoms with Gasteiger partial charge < -0.3 is 9.88 Å². The first-order valence-electron chi connectivity index (χ1n) is 5.53. The van der Waals surface area contributed by atoms with Crippen molar-refractivity contribution in [3.8, 4) is 0 Å². The molecule has 0 aliphatic heterocycles. The molecule has 0 atom stereocenters. The molecule has 0 spiro atoms. The normalized spacial score (nSPS) is 10.4. The van der Waals surface area contributed by atoms with E-state index >= 15 is 0 Å². The summed E-state index contributed by atoms with van der Waals surface area (Å²) < 4.78 is 2.65. The maximum absolute atomic E-state index is 12.1. The molecule has 0 radical (unpaired) electrons. The number of aryl methyl sites for hydroxylation is 1. The van der Waals surface area contributed by atoms with E-state index in [1.807, 2.05) is 23.8 Å². The lowest BCUT2D eigenvalue weighted by Crippen LogP contribution is -2.16. The average Bonchev–Trinajstić information content (AvgIpc) is 2.81. The Balaban J connectivity index is 2.21. The van der Waals surface area contributed by atoms with E-state index in [-0.39, 0.29) is 5.91 Å². The molecule has 0 unspecified atom stereocenters. The van der Waals surface area contributed by atoms with Crippen molar-refractivity contribution >= 4 is 39.1 Å². The summed E-state index contributed by atoms with van der Waals surface area (Å²) in [4.78, 5) is 12.1. The molecule has 0 aliphatic carbocycles. The molecule has 18 heavy (non-hydrogen) atoms. The van der Waals surface area contributed by atoms with Gasteiger partial charge >= 0.3 is 0 Å². The van der Waals surface area contributed by atoms with Gasteiger partial charge in [-0.1, -0.05) is 11.6 Å². The highest BCUT2D eigenvalue weighted by atomic mass is 79.9. The lowest BCUT2D eigenvalue weighted by Gasteiger charge is -2.09. The Hall–Kier alpha value is -1.26. The Labute approximate surface area is 119 Å². The maximum Gasteiger partial charge on any atom is 0.272 e. The van der Waals surface area contributed by atoms with E-state index in [4.69, 9.17) is 11.6 Å². The fourth-order valence-corrected chi connectivity index (χ4v) is 2.45. The van der Waals surface area contributed by atoms with Crippen molar-refractivity contribution in [2.45, 2.75) is 13.5 Å². The quantitative estimate of drug-likeness (QED) is 0.901. The molecule has 2 rings (SSSR count). The Morgan fingerprint density at radius 3 is 2.89 bits per heavy atom. The molecule has 1 aromatic carbocycles. The van der Waals surface area contributed by atoms with Gasteiger partial charge in [-0.3, -0.25) is 4.79 Å². The van der Waals surface area contributed by atoms with Gasteiger partial charge in [-0.15, -0.1) is 0 Å². The number of rotatable bonds is 3. The van der Waals surface area contributed by atoms with Gasteiger partial charge in [0.1, 0.15) is 5.69 Å². The summed E-state index contributed by atoms with van der Waals surface area (Å²) in [6, 6.07) is 8.90. The molecule has 0 aliphatic rings. The number of benzene rings is 1. The van der Waals surface area contributed by atoms with Gasteiger partial charge in [-0.25, -0.2) is 0 Å². The van der Waals surface area contributed by atoms with Crippen molar-refractivity contribution in [1.82, 2.24) is 4.57 Å². The second kappa shape index (κ2) is 5.59. The van der Waals surface area contributed by atoms with Crippen LogP contribution < -0.4 is 5.32 Å². The minimum absolute atomic E-state index is 0.134. The number of nitrogens with zero attached hydrogens (tertiary/aromatic N) is 1. The van der Waals surface area contributed by atoms with E-state index in [0.717, 1.165) is 11.0 Å². The molecule has 1 N–H and O–H groups in total. The predicted molar refractivity (Wildman–Crippen MR) is 77.2 cm³/mol. The molecule has 5 heteroatoms. The van der Waals surface area contributed by atoms with Crippen LogP contribution in [0, 0.1) is 0 Å². The standard InChI is InChI=1S/C13H12BrClN2O/c1-2-17-7-3-4-12(17)13(18)16-11-6-5-9(15)8-10(11)14/h3-8H,2H2,1H3,(H,16,18). The second-order valence-electron chi connectivity index (χ2n) is 3.76. The first kappa shape index (κ1) is 13.2. The minimum atomic E-state index is -0.134. The highest BCUT2D eigenvalue weighted by molar-refractivity contribution is 9.10. The highest BCUT2D eigenvalue weighted by Gasteiger charge is 2.11. The van der Waals surface area contributed by atoms with Crippen molar-refractivity contribution in [3.63, 3.8) is 0 Å². The first-order valence-corrected chi connectivity index (χ1v) is 6.70. The van der Waals surface area contributed by atoms with E-state index < -0.39 is 0 Å². The lowest BCUT2D eigenvalue weighted by molar-refractivity contribution is 0.101. The summed E-state index contributed by atoms with van der Waals surface area (Å²) in [7, 11) is 0. The van der Waals surface area contributed by atoms with Crippen LogP contribution in [-0.4, -0.2) is 10.5 Å². The van der Waals surface area contributed by atoms with E-state index in [1.165, 1.54) is 0 Å². The highest BCUT2D eigenvalue weighted by Crippen LogP contribution is 2.26. The van der Waals surface area contributed by atoms with E-state index in [2.05, 4.69) is 21.2 Å². The minimum Gasteiger partial charge on any atom is -0.344 e. The lowest BCUT2D eigenvalue weighted by atomic mass is 10.3. The van der Waals surface area contributed by atoms with Crippen LogP contribution in [0.25, 0.3) is 0 Å². The summed E-state index contributed by atoms with van der Waals surface area (Å²) in [5, 5.41) is 3.47. The largest absolute Gasteiger partial charge is 0.344 e. The third kappa shape index (κ3) is 2.76. The molecular weight excluding hydrogens is 316 g/mol. The molecule has 94 valence electrons. The molecule has 0 saturated carbocycles.